The maximum Gasteiger partial charge on any atom is 0.472 e. The van der Waals surface area contributed by atoms with E-state index in [4.69, 9.17) is 52.8 Å². The molecule has 338 valence electrons. The molecule has 4 aromatic rings. The minimum Gasteiger partial charge on any atom is -0.386 e. The van der Waals surface area contributed by atoms with Crippen LogP contribution < -0.4 is 28.4 Å². The molecule has 4 aromatic heterocycles. The van der Waals surface area contributed by atoms with Crippen molar-refractivity contribution >= 4 is 46.3 Å². The average molecular weight is 941 g/mol. The molecule has 4 aliphatic rings. The first-order chi connectivity index (χ1) is 29.2. The summed E-state index contributed by atoms with van der Waals surface area (Å²) < 4.78 is 91.5. The Hall–Kier alpha value is -4.20. The van der Waals surface area contributed by atoms with Crippen LogP contribution in [0.3, 0.4) is 0 Å². The van der Waals surface area contributed by atoms with Crippen molar-refractivity contribution < 1.29 is 85.0 Å². The zero-order valence-electron chi connectivity index (χ0n) is 30.9. The van der Waals surface area contributed by atoms with Gasteiger partial charge >= 0.3 is 34.8 Å². The Morgan fingerprint density at radius 2 is 1.13 bits per heavy atom. The number of phosphoric ester groups is 3. The Labute approximate surface area is 343 Å². The summed E-state index contributed by atoms with van der Waals surface area (Å²) in [6.07, 6.45) is -18.7. The first-order valence-corrected chi connectivity index (χ1v) is 22.3. The highest BCUT2D eigenvalue weighted by Crippen LogP contribution is 2.54. The van der Waals surface area contributed by atoms with Crippen molar-refractivity contribution in [3.8, 4) is 0 Å². The van der Waals surface area contributed by atoms with E-state index in [1.807, 2.05) is 4.98 Å². The quantitative estimate of drug-likeness (QED) is 0.0886. The summed E-state index contributed by atoms with van der Waals surface area (Å²) in [4.78, 5) is 87.3. The van der Waals surface area contributed by atoms with E-state index in [9.17, 15) is 58.1 Å². The van der Waals surface area contributed by atoms with E-state index in [0.717, 1.165) is 41.7 Å². The molecule has 0 bridgehead atoms. The van der Waals surface area contributed by atoms with Gasteiger partial charge in [-0.2, -0.15) is 4.98 Å². The zero-order valence-corrected chi connectivity index (χ0v) is 33.6. The summed E-state index contributed by atoms with van der Waals surface area (Å²) in [6.45, 7) is -3.35. The van der Waals surface area contributed by atoms with E-state index in [2.05, 4.69) is 19.9 Å². The van der Waals surface area contributed by atoms with Crippen molar-refractivity contribution in [1.82, 2.24) is 38.6 Å². The average Bonchev–Trinajstić information content (AvgIpc) is 3.92. The first kappa shape index (κ1) is 44.4. The third-order valence-corrected chi connectivity index (χ3v) is 12.8. The van der Waals surface area contributed by atoms with Crippen molar-refractivity contribution in [2.24, 2.45) is 0 Å². The number of hydrogen-bond donors (Lipinski definition) is 9. The van der Waals surface area contributed by atoms with E-state index >= 15 is 0 Å². The number of ether oxygens (including phenoxy) is 3. The molecule has 62 heavy (non-hydrogen) atoms. The molecule has 5 unspecified atom stereocenters. The molecule has 0 amide bonds. The number of rotatable bonds is 3. The van der Waals surface area contributed by atoms with Crippen LogP contribution in [0.1, 0.15) is 18.7 Å². The maximum absolute atomic E-state index is 13.6. The standard InChI is InChI=1S/C28H35N10O21P3/c29-13-1-3-36(27(43)34-13)24-16(40)19-10(54-24)5-52-62(49,50)59-21-12(56-26(18(21)42)38-9-33-15-22(30)31-8-32-23(15)38)7-53-61(47,48)58-20-11(6-51-60(45,46)57-19)55-25(17(20)41)37-4-2-14(39)35-28(37)44/h1-4,8-12,16-21,24-26,40-42H,5-7H2,(H,45,46)(H,47,48)(H,49,50)(H2,29,34,43)(H2,30,31,32)(H,35,39,44)/t10-,11-,12+,16-,17?,18+,19-,20-,21+,24-,25?,26-/m1/s1. The number of aliphatic hydroxyl groups is 3. The van der Waals surface area contributed by atoms with Crippen LogP contribution in [-0.2, 0) is 55.0 Å². The van der Waals surface area contributed by atoms with Crippen LogP contribution in [-0.4, -0.2) is 143 Å². The third kappa shape index (κ3) is 8.82. The molecule has 0 radical (unpaired) electrons. The summed E-state index contributed by atoms with van der Waals surface area (Å²) >= 11 is 0. The van der Waals surface area contributed by atoms with Crippen LogP contribution in [0.2, 0.25) is 0 Å². The maximum atomic E-state index is 13.6. The molecule has 4 aliphatic heterocycles. The zero-order chi connectivity index (χ0) is 44.5. The molecule has 4 saturated heterocycles. The van der Waals surface area contributed by atoms with Gasteiger partial charge in [-0.3, -0.25) is 50.6 Å². The predicted molar refractivity (Wildman–Crippen MR) is 196 cm³/mol. The van der Waals surface area contributed by atoms with Gasteiger partial charge in [0.2, 0.25) is 0 Å². The number of fused-ring (bicyclic) bond motifs is 4. The van der Waals surface area contributed by atoms with E-state index in [1.54, 1.807) is 0 Å². The molecule has 11 N–H and O–H groups in total. The SMILES string of the molecule is Nc1ccn([C@@H]2O[C@@H]3COP(=O)(O)O[C@@H]4[C@H](O)[C@H](n5cnc6c(N)ncnc65)O[C@H]4COP(=O)(O)O[C@H]4C(O)C(n5ccc(=O)[nH]c5=O)O[C@@H]4COP(=O)(O)O[C@H]3[C@H]2O)c(=O)n1. The lowest BCUT2D eigenvalue weighted by Gasteiger charge is -2.27. The number of aliphatic hydroxyl groups excluding tert-OH is 3. The molecule has 0 spiro atoms. The van der Waals surface area contributed by atoms with Gasteiger partial charge in [0, 0.05) is 18.5 Å². The van der Waals surface area contributed by atoms with Gasteiger partial charge in [-0.05, 0) is 6.07 Å². The van der Waals surface area contributed by atoms with Crippen molar-refractivity contribution in [2.75, 3.05) is 31.3 Å². The number of H-pyrrole nitrogens is 1. The number of nitrogen functional groups attached to an aromatic ring is 2. The van der Waals surface area contributed by atoms with Crippen molar-refractivity contribution in [3.05, 3.63) is 68.5 Å². The lowest BCUT2D eigenvalue weighted by Crippen LogP contribution is -2.40. The summed E-state index contributed by atoms with van der Waals surface area (Å²) in [6, 6.07) is 2.02. The molecular weight excluding hydrogens is 905 g/mol. The highest BCUT2D eigenvalue weighted by molar-refractivity contribution is 7.48. The minimum absolute atomic E-state index is 0.000682. The van der Waals surface area contributed by atoms with Crippen molar-refractivity contribution in [2.45, 2.75) is 73.6 Å². The second-order valence-electron chi connectivity index (χ2n) is 13.8. The van der Waals surface area contributed by atoms with Gasteiger partial charge in [-0.25, -0.2) is 38.2 Å². The lowest BCUT2D eigenvalue weighted by molar-refractivity contribution is -0.0678. The summed E-state index contributed by atoms with van der Waals surface area (Å²) in [5.74, 6) is -0.297. The van der Waals surface area contributed by atoms with Gasteiger partial charge in [-0.1, -0.05) is 0 Å². The third-order valence-electron chi connectivity index (χ3n) is 9.81. The van der Waals surface area contributed by atoms with E-state index < -0.39 is 134 Å². The smallest absolute Gasteiger partial charge is 0.386 e. The monoisotopic (exact) mass is 940 g/mol. The first-order valence-electron chi connectivity index (χ1n) is 17.8. The van der Waals surface area contributed by atoms with E-state index in [0.29, 0.717) is 9.13 Å². The molecule has 4 fully saturated rings. The van der Waals surface area contributed by atoms with Gasteiger partial charge in [0.05, 0.1) is 26.1 Å². The number of aromatic amines is 1. The number of hydrogen-bond acceptors (Lipinski definition) is 24. The number of phosphoric acid groups is 3. The number of aromatic nitrogens is 8. The summed E-state index contributed by atoms with van der Waals surface area (Å²) in [5, 5.41) is 34.1. The Balaban J connectivity index is 1.15. The second-order valence-corrected chi connectivity index (χ2v) is 18.0. The van der Waals surface area contributed by atoms with Gasteiger partial charge in [0.25, 0.3) is 5.56 Å². The Kier molecular flexibility index (Phi) is 12.0. The minimum atomic E-state index is -5.51. The Bertz CT molecular complexity index is 2670. The normalized spacial score (nSPS) is 39.7. The van der Waals surface area contributed by atoms with Gasteiger partial charge in [0.15, 0.2) is 30.1 Å². The van der Waals surface area contributed by atoms with Crippen molar-refractivity contribution in [3.63, 3.8) is 0 Å². The number of anilines is 2. The van der Waals surface area contributed by atoms with Gasteiger partial charge < -0.3 is 55.7 Å². The number of imidazole rings is 1. The number of nitrogens with two attached hydrogens (primary N) is 2. The molecule has 8 rings (SSSR count). The molecular formula is C28H35N10O21P3. The molecule has 0 aliphatic carbocycles. The fourth-order valence-electron chi connectivity index (χ4n) is 7.00. The van der Waals surface area contributed by atoms with E-state index in [-0.39, 0.29) is 22.8 Å². The second kappa shape index (κ2) is 16.7. The van der Waals surface area contributed by atoms with Crippen LogP contribution >= 0.6 is 23.5 Å². The number of nitrogens with zero attached hydrogens (tertiary/aromatic N) is 7. The lowest BCUT2D eigenvalue weighted by atomic mass is 10.1. The largest absolute Gasteiger partial charge is 0.472 e. The van der Waals surface area contributed by atoms with E-state index in [1.165, 1.54) is 0 Å². The highest BCUT2D eigenvalue weighted by Gasteiger charge is 2.55. The Morgan fingerprint density at radius 1 is 0.661 bits per heavy atom. The fraction of sp³-hybridized carbons (Fsp3) is 0.536. The van der Waals surface area contributed by atoms with Crippen LogP contribution in [0.25, 0.3) is 11.2 Å². The molecule has 15 atom stereocenters. The predicted octanol–water partition coefficient (Wildman–Crippen LogP) is -3.91. The molecule has 31 nitrogen and oxygen atoms in total. The highest BCUT2D eigenvalue weighted by atomic mass is 31.2. The van der Waals surface area contributed by atoms with Gasteiger partial charge in [0.1, 0.15) is 72.6 Å². The van der Waals surface area contributed by atoms with Crippen LogP contribution in [0, 0.1) is 0 Å². The van der Waals surface area contributed by atoms with Crippen LogP contribution in [0.5, 0.6) is 0 Å². The molecule has 0 saturated carbocycles. The molecule has 0 aromatic carbocycles. The molecule has 34 heteroatoms. The molecule has 8 heterocycles. The fourth-order valence-corrected chi connectivity index (χ4v) is 9.89. The summed E-state index contributed by atoms with van der Waals surface area (Å²) in [5.41, 5.74) is 8.47. The number of nitrogens with one attached hydrogen (secondary N) is 1. The van der Waals surface area contributed by atoms with Crippen LogP contribution in [0.4, 0.5) is 11.6 Å². The Morgan fingerprint density at radius 3 is 1.61 bits per heavy atom. The van der Waals surface area contributed by atoms with Gasteiger partial charge in [-0.15, -0.1) is 0 Å². The summed E-state index contributed by atoms with van der Waals surface area (Å²) in [7, 11) is -16.5. The topological polar surface area (TPSA) is 441 Å². The van der Waals surface area contributed by atoms with Crippen LogP contribution in [0.15, 0.2) is 51.6 Å². The van der Waals surface area contributed by atoms with Crippen molar-refractivity contribution in [1.29, 1.82) is 0 Å².